The van der Waals surface area contributed by atoms with Crippen molar-refractivity contribution >= 4 is 40.1 Å². The van der Waals surface area contributed by atoms with Gasteiger partial charge >= 0.3 is 0 Å². The number of aromatic nitrogens is 1. The maximum atomic E-state index is 12.7. The van der Waals surface area contributed by atoms with Crippen LogP contribution in [0.1, 0.15) is 13.3 Å². The Labute approximate surface area is 205 Å². The molecule has 1 heterocycles. The van der Waals surface area contributed by atoms with Gasteiger partial charge in [-0.2, -0.15) is 0 Å². The average Bonchev–Trinajstić information content (AvgIpc) is 3.35. The second-order valence-electron chi connectivity index (χ2n) is 7.41. The molecular formula is C26H31N3O4S. The summed E-state index contributed by atoms with van der Waals surface area (Å²) in [5.74, 6) is 2.32. The monoisotopic (exact) mass is 481 g/mol. The summed E-state index contributed by atoms with van der Waals surface area (Å²) in [6, 6.07) is 16.1. The molecule has 0 saturated heterocycles. The Hall–Kier alpha value is -2.96. The van der Waals surface area contributed by atoms with E-state index < -0.39 is 0 Å². The minimum Gasteiger partial charge on any atom is -0.377 e. The van der Waals surface area contributed by atoms with Gasteiger partial charge in [-0.3, -0.25) is 4.79 Å². The number of nitrogens with zero attached hydrogens (tertiary/aromatic N) is 1. The van der Waals surface area contributed by atoms with Crippen molar-refractivity contribution in [1.29, 1.82) is 0 Å². The zero-order valence-electron chi connectivity index (χ0n) is 19.4. The molecule has 3 aromatic rings. The average molecular weight is 482 g/mol. The Morgan fingerprint density at radius 1 is 1.06 bits per heavy atom. The van der Waals surface area contributed by atoms with E-state index in [1.807, 2.05) is 55.6 Å². The first kappa shape index (κ1) is 25.7. The van der Waals surface area contributed by atoms with Crippen molar-refractivity contribution in [1.82, 2.24) is 4.98 Å². The molecule has 0 unspecified atom stereocenters. The molecule has 3 rings (SSSR count). The van der Waals surface area contributed by atoms with Crippen molar-refractivity contribution in [3.8, 4) is 12.3 Å². The molecular weight excluding hydrogens is 450 g/mol. The van der Waals surface area contributed by atoms with Crippen LogP contribution in [0, 0.1) is 12.3 Å². The number of rotatable bonds is 15. The Balaban J connectivity index is 1.45. The number of carbonyl (C=O) groups excluding carboxylic acids is 1. The zero-order chi connectivity index (χ0) is 24.0. The normalized spacial score (nSPS) is 10.8. The standard InChI is InChI=1S/C26H31N3O4S/c1-3-14-29(25(30)20-33-19-18-32-17-16-31-15-4-2)22-8-10-23(11-9-22)34-28-24-7-5-6-21-12-13-27-26(21)24/h2,5-13,27-28H,3,14-20H2,1H3. The highest BCUT2D eigenvalue weighted by Gasteiger charge is 2.15. The van der Waals surface area contributed by atoms with E-state index in [0.29, 0.717) is 33.0 Å². The molecule has 1 aromatic heterocycles. The molecule has 0 spiro atoms. The van der Waals surface area contributed by atoms with Crippen LogP contribution in [0.5, 0.6) is 0 Å². The molecule has 1 amide bonds. The van der Waals surface area contributed by atoms with Crippen LogP contribution >= 0.6 is 11.9 Å². The molecule has 8 heteroatoms. The molecule has 0 aliphatic rings. The summed E-state index contributed by atoms with van der Waals surface area (Å²) < 4.78 is 19.4. The number of carbonyl (C=O) groups is 1. The molecule has 2 aromatic carbocycles. The van der Waals surface area contributed by atoms with Crippen LogP contribution in [0.3, 0.4) is 0 Å². The van der Waals surface area contributed by atoms with Crippen molar-refractivity contribution in [2.75, 3.05) is 55.8 Å². The molecule has 0 saturated carbocycles. The Bertz CT molecular complexity index is 1060. The van der Waals surface area contributed by atoms with Crippen LogP contribution in [-0.4, -0.2) is 57.1 Å². The van der Waals surface area contributed by atoms with Gasteiger partial charge in [-0.1, -0.05) is 25.0 Å². The van der Waals surface area contributed by atoms with Gasteiger partial charge in [0.05, 0.1) is 37.6 Å². The SMILES string of the molecule is C#CCOCCOCCOCC(=O)N(CCC)c1ccc(SNc2cccc3cc[nH]c23)cc1. The summed E-state index contributed by atoms with van der Waals surface area (Å²) in [5.41, 5.74) is 2.96. The lowest BCUT2D eigenvalue weighted by Crippen LogP contribution is -2.35. The summed E-state index contributed by atoms with van der Waals surface area (Å²) in [7, 11) is 0. The van der Waals surface area contributed by atoms with Crippen LogP contribution in [0.2, 0.25) is 0 Å². The van der Waals surface area contributed by atoms with Crippen LogP contribution in [-0.2, 0) is 19.0 Å². The van der Waals surface area contributed by atoms with Gasteiger partial charge in [-0.25, -0.2) is 0 Å². The first-order valence-corrected chi connectivity index (χ1v) is 12.1. The van der Waals surface area contributed by atoms with E-state index in [-0.39, 0.29) is 19.1 Å². The van der Waals surface area contributed by atoms with Gasteiger partial charge in [0.25, 0.3) is 5.91 Å². The number of amides is 1. The van der Waals surface area contributed by atoms with Gasteiger partial charge in [-0.15, -0.1) is 6.42 Å². The topological polar surface area (TPSA) is 75.8 Å². The van der Waals surface area contributed by atoms with Gasteiger partial charge in [-0.05, 0) is 54.8 Å². The van der Waals surface area contributed by atoms with E-state index in [9.17, 15) is 4.79 Å². The molecule has 180 valence electrons. The lowest BCUT2D eigenvalue weighted by atomic mass is 10.2. The van der Waals surface area contributed by atoms with Crippen LogP contribution in [0.4, 0.5) is 11.4 Å². The van der Waals surface area contributed by atoms with E-state index in [1.165, 1.54) is 11.9 Å². The van der Waals surface area contributed by atoms with Crippen molar-refractivity contribution in [3.63, 3.8) is 0 Å². The number of terminal acetylenes is 1. The quantitative estimate of drug-likeness (QED) is 0.186. The fourth-order valence-electron chi connectivity index (χ4n) is 3.31. The molecule has 0 fully saturated rings. The van der Waals surface area contributed by atoms with Crippen LogP contribution in [0.15, 0.2) is 59.6 Å². The third-order valence-electron chi connectivity index (χ3n) is 4.92. The molecule has 2 N–H and O–H groups in total. The van der Waals surface area contributed by atoms with Crippen LogP contribution < -0.4 is 9.62 Å². The van der Waals surface area contributed by atoms with Crippen molar-refractivity contribution in [3.05, 3.63) is 54.7 Å². The number of hydrogen-bond donors (Lipinski definition) is 2. The highest BCUT2D eigenvalue weighted by molar-refractivity contribution is 8.00. The van der Waals surface area contributed by atoms with Gasteiger partial charge in [0.1, 0.15) is 13.2 Å². The first-order chi connectivity index (χ1) is 16.7. The van der Waals surface area contributed by atoms with Crippen molar-refractivity contribution in [2.45, 2.75) is 18.2 Å². The number of hydrogen-bond acceptors (Lipinski definition) is 6. The number of para-hydroxylation sites is 1. The summed E-state index contributed by atoms with van der Waals surface area (Å²) in [4.78, 5) is 18.8. The summed E-state index contributed by atoms with van der Waals surface area (Å²) >= 11 is 1.53. The lowest BCUT2D eigenvalue weighted by molar-refractivity contribution is -0.123. The minimum absolute atomic E-state index is 0.00909. The number of ether oxygens (including phenoxy) is 3. The Morgan fingerprint density at radius 2 is 1.82 bits per heavy atom. The molecule has 0 aliphatic carbocycles. The first-order valence-electron chi connectivity index (χ1n) is 11.3. The van der Waals surface area contributed by atoms with Gasteiger partial charge in [0.15, 0.2) is 0 Å². The summed E-state index contributed by atoms with van der Waals surface area (Å²) in [5, 5.41) is 1.16. The maximum Gasteiger partial charge on any atom is 0.252 e. The number of nitrogens with one attached hydrogen (secondary N) is 2. The predicted molar refractivity (Wildman–Crippen MR) is 138 cm³/mol. The second kappa shape index (κ2) is 14.3. The van der Waals surface area contributed by atoms with Gasteiger partial charge in [0, 0.05) is 28.7 Å². The summed E-state index contributed by atoms with van der Waals surface area (Å²) in [6.45, 7) is 4.60. The lowest BCUT2D eigenvalue weighted by Gasteiger charge is -2.22. The molecule has 0 aliphatic heterocycles. The number of fused-ring (bicyclic) bond motifs is 1. The third-order valence-corrected chi connectivity index (χ3v) is 5.75. The van der Waals surface area contributed by atoms with Crippen molar-refractivity contribution in [2.24, 2.45) is 0 Å². The van der Waals surface area contributed by atoms with E-state index >= 15 is 0 Å². The van der Waals surface area contributed by atoms with E-state index in [0.717, 1.165) is 33.6 Å². The van der Waals surface area contributed by atoms with Crippen LogP contribution in [0.25, 0.3) is 10.9 Å². The molecule has 0 bridgehead atoms. The Kier molecular flexibility index (Phi) is 10.8. The zero-order valence-corrected chi connectivity index (χ0v) is 20.2. The van der Waals surface area contributed by atoms with Crippen molar-refractivity contribution < 1.29 is 19.0 Å². The molecule has 0 radical (unpaired) electrons. The fraction of sp³-hybridized carbons (Fsp3) is 0.346. The van der Waals surface area contributed by atoms with E-state index in [1.54, 1.807) is 4.90 Å². The molecule has 7 nitrogen and oxygen atoms in total. The second-order valence-corrected chi connectivity index (χ2v) is 8.29. The number of benzene rings is 2. The molecule has 0 atom stereocenters. The summed E-state index contributed by atoms with van der Waals surface area (Å²) in [6.07, 6.45) is 7.89. The Morgan fingerprint density at radius 3 is 2.59 bits per heavy atom. The van der Waals surface area contributed by atoms with Gasteiger partial charge in [0.2, 0.25) is 0 Å². The number of anilines is 2. The fourth-order valence-corrected chi connectivity index (χ4v) is 3.98. The molecule has 34 heavy (non-hydrogen) atoms. The highest BCUT2D eigenvalue weighted by atomic mass is 32.2. The largest absolute Gasteiger partial charge is 0.377 e. The predicted octanol–water partition coefficient (Wildman–Crippen LogP) is 4.71. The number of H-pyrrole nitrogens is 1. The minimum atomic E-state index is -0.0730. The highest BCUT2D eigenvalue weighted by Crippen LogP contribution is 2.28. The maximum absolute atomic E-state index is 12.7. The number of aromatic amines is 1. The van der Waals surface area contributed by atoms with Gasteiger partial charge < -0.3 is 28.8 Å². The van der Waals surface area contributed by atoms with E-state index in [2.05, 4.69) is 21.7 Å². The van der Waals surface area contributed by atoms with E-state index in [4.69, 9.17) is 20.6 Å². The smallest absolute Gasteiger partial charge is 0.252 e. The third kappa shape index (κ3) is 7.82.